The average Bonchev–Trinajstić information content (AvgIpc) is 2.70. The van der Waals surface area contributed by atoms with Gasteiger partial charge in [-0.2, -0.15) is 0 Å². The molecule has 0 radical (unpaired) electrons. The number of halogens is 2. The minimum atomic E-state index is -3.85. The molecule has 0 saturated heterocycles. The van der Waals surface area contributed by atoms with Crippen molar-refractivity contribution in [2.75, 3.05) is 0 Å². The summed E-state index contributed by atoms with van der Waals surface area (Å²) in [4.78, 5) is 0.786. The van der Waals surface area contributed by atoms with E-state index in [1.54, 1.807) is 7.05 Å². The van der Waals surface area contributed by atoms with E-state index in [1.165, 1.54) is 15.9 Å². The second kappa shape index (κ2) is 4.43. The maximum absolute atomic E-state index is 11.2. The predicted molar refractivity (Wildman–Crippen MR) is 71.1 cm³/mol. The molecule has 92 valence electrons. The first-order valence-corrected chi connectivity index (χ1v) is 8.13. The standard InChI is InChI=1S/C7H6Br2N4O2S2/c1-13-6(4-2-3(8)5(9)16-4)11-12-7(13)17(10,14)15/h2H,1H3,(H2,10,14,15). The summed E-state index contributed by atoms with van der Waals surface area (Å²) in [6.45, 7) is 0. The van der Waals surface area contributed by atoms with Crippen molar-refractivity contribution in [3.63, 3.8) is 0 Å². The van der Waals surface area contributed by atoms with E-state index in [1.807, 2.05) is 6.07 Å². The lowest BCUT2D eigenvalue weighted by Crippen LogP contribution is -2.17. The van der Waals surface area contributed by atoms with Gasteiger partial charge in [0.05, 0.1) is 8.66 Å². The Morgan fingerprint density at radius 3 is 2.47 bits per heavy atom. The molecule has 2 aromatic rings. The highest BCUT2D eigenvalue weighted by Crippen LogP contribution is 2.37. The molecule has 0 aliphatic carbocycles. The quantitative estimate of drug-likeness (QED) is 0.829. The fourth-order valence-corrected chi connectivity index (χ4v) is 3.91. The van der Waals surface area contributed by atoms with Crippen LogP contribution in [0.2, 0.25) is 0 Å². The number of thiophene rings is 1. The molecule has 2 heterocycles. The van der Waals surface area contributed by atoms with Crippen LogP contribution in [0, 0.1) is 0 Å². The smallest absolute Gasteiger partial charge is 0.273 e. The average molecular weight is 402 g/mol. The lowest BCUT2D eigenvalue weighted by molar-refractivity contribution is 0.580. The zero-order chi connectivity index (χ0) is 12.8. The Bertz CT molecular complexity index is 657. The molecule has 2 rings (SSSR count). The van der Waals surface area contributed by atoms with Gasteiger partial charge in [0.2, 0.25) is 0 Å². The highest BCUT2D eigenvalue weighted by molar-refractivity contribution is 9.13. The molecule has 0 saturated carbocycles. The van der Waals surface area contributed by atoms with Crippen LogP contribution in [-0.4, -0.2) is 23.2 Å². The third-order valence-corrected chi connectivity index (χ3v) is 6.07. The normalized spacial score (nSPS) is 12.0. The number of nitrogens with zero attached hydrogens (tertiary/aromatic N) is 3. The molecule has 0 unspecified atom stereocenters. The Labute approximate surface area is 118 Å². The summed E-state index contributed by atoms with van der Waals surface area (Å²) in [6.07, 6.45) is 0. The summed E-state index contributed by atoms with van der Waals surface area (Å²) in [7, 11) is -2.30. The van der Waals surface area contributed by atoms with Gasteiger partial charge in [-0.1, -0.05) is 0 Å². The van der Waals surface area contributed by atoms with Crippen molar-refractivity contribution < 1.29 is 8.42 Å². The number of hydrogen-bond acceptors (Lipinski definition) is 5. The van der Waals surface area contributed by atoms with E-state index in [-0.39, 0.29) is 5.16 Å². The third-order valence-electron chi connectivity index (χ3n) is 1.95. The summed E-state index contributed by atoms with van der Waals surface area (Å²) >= 11 is 8.12. The molecule has 10 heteroatoms. The maximum Gasteiger partial charge on any atom is 0.273 e. The van der Waals surface area contributed by atoms with Crippen LogP contribution in [0.1, 0.15) is 0 Å². The Kier molecular flexibility index (Phi) is 3.42. The van der Waals surface area contributed by atoms with Gasteiger partial charge in [0.15, 0.2) is 5.82 Å². The summed E-state index contributed by atoms with van der Waals surface area (Å²) in [5.74, 6) is 0.449. The molecule has 0 bridgehead atoms. The van der Waals surface area contributed by atoms with Crippen LogP contribution in [-0.2, 0) is 17.1 Å². The molecule has 0 fully saturated rings. The number of primary sulfonamides is 1. The first-order chi connectivity index (χ1) is 7.80. The predicted octanol–water partition coefficient (Wildman–Crippen LogP) is 1.72. The zero-order valence-corrected chi connectivity index (χ0v) is 13.2. The third kappa shape index (κ3) is 2.45. The summed E-state index contributed by atoms with van der Waals surface area (Å²) < 4.78 is 25.5. The van der Waals surface area contributed by atoms with Gasteiger partial charge in [-0.25, -0.2) is 13.6 Å². The molecule has 2 aromatic heterocycles. The molecule has 0 aliphatic heterocycles. The molecular weight excluding hydrogens is 396 g/mol. The van der Waals surface area contributed by atoms with E-state index < -0.39 is 10.0 Å². The molecule has 0 atom stereocenters. The van der Waals surface area contributed by atoms with Crippen LogP contribution in [0.3, 0.4) is 0 Å². The van der Waals surface area contributed by atoms with Gasteiger partial charge in [0.1, 0.15) is 0 Å². The van der Waals surface area contributed by atoms with E-state index >= 15 is 0 Å². The largest absolute Gasteiger partial charge is 0.299 e. The van der Waals surface area contributed by atoms with Gasteiger partial charge in [0.25, 0.3) is 15.2 Å². The van der Waals surface area contributed by atoms with Crippen molar-refractivity contribution in [3.05, 3.63) is 14.3 Å². The first kappa shape index (κ1) is 13.1. The number of rotatable bonds is 2. The van der Waals surface area contributed by atoms with Crippen LogP contribution in [0.4, 0.5) is 0 Å². The van der Waals surface area contributed by atoms with Gasteiger partial charge in [0, 0.05) is 11.5 Å². The second-order valence-electron chi connectivity index (χ2n) is 3.14. The van der Waals surface area contributed by atoms with E-state index in [4.69, 9.17) is 5.14 Å². The second-order valence-corrected chi connectivity index (χ2v) is 7.82. The highest BCUT2D eigenvalue weighted by atomic mass is 79.9. The lowest BCUT2D eigenvalue weighted by Gasteiger charge is -1.99. The molecule has 17 heavy (non-hydrogen) atoms. The van der Waals surface area contributed by atoms with Gasteiger partial charge >= 0.3 is 0 Å². The van der Waals surface area contributed by atoms with Crippen molar-refractivity contribution >= 4 is 53.2 Å². The first-order valence-electron chi connectivity index (χ1n) is 4.18. The van der Waals surface area contributed by atoms with Crippen molar-refractivity contribution in [3.8, 4) is 10.7 Å². The SMILES string of the molecule is Cn1c(-c2cc(Br)c(Br)s2)nnc1S(N)(=O)=O. The minimum absolute atomic E-state index is 0.256. The Morgan fingerprint density at radius 1 is 1.41 bits per heavy atom. The van der Waals surface area contributed by atoms with E-state index in [0.717, 1.165) is 13.1 Å². The number of aromatic nitrogens is 3. The Morgan fingerprint density at radius 2 is 2.06 bits per heavy atom. The van der Waals surface area contributed by atoms with Crippen LogP contribution < -0.4 is 5.14 Å². The fraction of sp³-hybridized carbons (Fsp3) is 0.143. The monoisotopic (exact) mass is 400 g/mol. The molecule has 2 N–H and O–H groups in total. The molecule has 0 aliphatic rings. The molecule has 0 aromatic carbocycles. The van der Waals surface area contributed by atoms with Crippen molar-refractivity contribution in [1.82, 2.24) is 14.8 Å². The summed E-state index contributed by atoms with van der Waals surface area (Å²) in [5.41, 5.74) is 0. The molecule has 6 nitrogen and oxygen atoms in total. The van der Waals surface area contributed by atoms with Gasteiger partial charge < -0.3 is 0 Å². The van der Waals surface area contributed by atoms with E-state index in [0.29, 0.717) is 5.82 Å². The van der Waals surface area contributed by atoms with Crippen LogP contribution in [0.25, 0.3) is 10.7 Å². The van der Waals surface area contributed by atoms with Gasteiger partial charge in [-0.15, -0.1) is 21.5 Å². The van der Waals surface area contributed by atoms with E-state index in [2.05, 4.69) is 42.1 Å². The van der Waals surface area contributed by atoms with Crippen molar-refractivity contribution in [1.29, 1.82) is 0 Å². The van der Waals surface area contributed by atoms with Crippen LogP contribution >= 0.6 is 43.2 Å². The summed E-state index contributed by atoms with van der Waals surface area (Å²) in [6, 6.07) is 1.83. The topological polar surface area (TPSA) is 90.9 Å². The van der Waals surface area contributed by atoms with Crippen LogP contribution in [0.5, 0.6) is 0 Å². The van der Waals surface area contributed by atoms with Crippen molar-refractivity contribution in [2.24, 2.45) is 12.2 Å². The molecule has 0 spiro atoms. The molecule has 0 amide bonds. The lowest BCUT2D eigenvalue weighted by atomic mass is 10.4. The number of nitrogens with two attached hydrogens (primary N) is 1. The zero-order valence-electron chi connectivity index (χ0n) is 8.39. The van der Waals surface area contributed by atoms with Gasteiger partial charge in [-0.05, 0) is 37.9 Å². The number of hydrogen-bond donors (Lipinski definition) is 1. The fourth-order valence-electron chi connectivity index (χ4n) is 1.23. The number of sulfonamides is 1. The molecular formula is C7H6Br2N4O2S2. The summed E-state index contributed by atoms with van der Waals surface area (Å²) in [5, 5.41) is 12.2. The Balaban J connectivity index is 2.59. The maximum atomic E-state index is 11.2. The minimum Gasteiger partial charge on any atom is -0.299 e. The van der Waals surface area contributed by atoms with Crippen LogP contribution in [0.15, 0.2) is 19.5 Å². The van der Waals surface area contributed by atoms with Crippen molar-refractivity contribution in [2.45, 2.75) is 5.16 Å². The Hall–Kier alpha value is -0.290. The van der Waals surface area contributed by atoms with E-state index in [9.17, 15) is 8.42 Å². The highest BCUT2D eigenvalue weighted by Gasteiger charge is 2.20. The van der Waals surface area contributed by atoms with Gasteiger partial charge in [-0.3, -0.25) is 4.57 Å².